The van der Waals surface area contributed by atoms with Gasteiger partial charge in [0.1, 0.15) is 17.4 Å². The summed E-state index contributed by atoms with van der Waals surface area (Å²) >= 11 is 0. The molecule has 0 radical (unpaired) electrons. The molecule has 1 aromatic carbocycles. The van der Waals surface area contributed by atoms with Crippen molar-refractivity contribution < 1.29 is 33.9 Å². The molecule has 246 valence electrons. The highest BCUT2D eigenvalue weighted by Crippen LogP contribution is 2.33. The molecular weight excluding hydrogens is 596 g/mol. The van der Waals surface area contributed by atoms with E-state index in [-0.39, 0.29) is 42.1 Å². The van der Waals surface area contributed by atoms with Gasteiger partial charge < -0.3 is 26.8 Å². The number of hydrogen-bond acceptors (Lipinski definition) is 9. The molecule has 1 aliphatic heterocycles. The SMILES string of the molecule is CC(NC(=O)[C@@H]1C[C@H](n2nncc2C(C)(C)O)CN1C(=O)/C(CC1CCCCC1)=N/C(=O)c1ccc(C(N)=O)cc1)C(=O)C(N)=O. The fraction of sp³-hybridized carbons (Fsp3) is 0.516. The Morgan fingerprint density at radius 3 is 2.26 bits per heavy atom. The highest BCUT2D eigenvalue weighted by Gasteiger charge is 2.44. The second-order valence-electron chi connectivity index (χ2n) is 12.5. The molecule has 1 aliphatic carbocycles. The van der Waals surface area contributed by atoms with E-state index in [0.717, 1.165) is 32.1 Å². The van der Waals surface area contributed by atoms with Crippen molar-refractivity contribution in [2.24, 2.45) is 22.4 Å². The first-order valence-electron chi connectivity index (χ1n) is 15.3. The van der Waals surface area contributed by atoms with Gasteiger partial charge in [-0.1, -0.05) is 37.3 Å². The number of aliphatic hydroxyl groups is 1. The van der Waals surface area contributed by atoms with E-state index in [2.05, 4.69) is 20.6 Å². The summed E-state index contributed by atoms with van der Waals surface area (Å²) < 4.78 is 1.45. The van der Waals surface area contributed by atoms with Gasteiger partial charge in [-0.3, -0.25) is 28.8 Å². The van der Waals surface area contributed by atoms with Crippen molar-refractivity contribution in [2.45, 2.75) is 89.4 Å². The number of ketones is 1. The van der Waals surface area contributed by atoms with Crippen LogP contribution in [-0.2, 0) is 24.8 Å². The van der Waals surface area contributed by atoms with Crippen LogP contribution < -0.4 is 16.8 Å². The Labute approximate surface area is 265 Å². The summed E-state index contributed by atoms with van der Waals surface area (Å²) in [5.74, 6) is -4.84. The number of hydrogen-bond donors (Lipinski definition) is 4. The second-order valence-corrected chi connectivity index (χ2v) is 12.5. The molecule has 2 fully saturated rings. The van der Waals surface area contributed by atoms with Crippen LogP contribution in [0, 0.1) is 5.92 Å². The number of likely N-dealkylation sites (tertiary alicyclic amines) is 1. The number of aliphatic imine (C=N–C) groups is 1. The minimum Gasteiger partial charge on any atom is -0.384 e. The molecule has 15 nitrogen and oxygen atoms in total. The lowest BCUT2D eigenvalue weighted by Gasteiger charge is -2.27. The van der Waals surface area contributed by atoms with E-state index in [1.165, 1.54) is 47.0 Å². The Bertz CT molecular complexity index is 1540. The van der Waals surface area contributed by atoms with Crippen LogP contribution in [0.2, 0.25) is 0 Å². The number of primary amides is 2. The maximum Gasteiger partial charge on any atom is 0.287 e. The Morgan fingerprint density at radius 2 is 1.67 bits per heavy atom. The second kappa shape index (κ2) is 14.1. The van der Waals surface area contributed by atoms with Crippen LogP contribution in [0.5, 0.6) is 0 Å². The molecule has 2 aliphatic rings. The smallest absolute Gasteiger partial charge is 0.287 e. The van der Waals surface area contributed by atoms with Gasteiger partial charge in [0.2, 0.25) is 17.6 Å². The zero-order valence-corrected chi connectivity index (χ0v) is 26.1. The van der Waals surface area contributed by atoms with E-state index in [9.17, 15) is 33.9 Å². The Morgan fingerprint density at radius 1 is 1.04 bits per heavy atom. The third kappa shape index (κ3) is 7.88. The van der Waals surface area contributed by atoms with Crippen LogP contribution in [0.15, 0.2) is 35.5 Å². The molecule has 4 rings (SSSR count). The highest BCUT2D eigenvalue weighted by atomic mass is 16.3. The monoisotopic (exact) mass is 636 g/mol. The summed E-state index contributed by atoms with van der Waals surface area (Å²) in [5, 5.41) is 21.2. The Hall–Kier alpha value is -4.79. The molecule has 0 bridgehead atoms. The number of nitrogens with one attached hydrogen (secondary N) is 1. The van der Waals surface area contributed by atoms with E-state index >= 15 is 0 Å². The Kier molecular flexibility index (Phi) is 10.5. The van der Waals surface area contributed by atoms with Crippen molar-refractivity contribution in [1.29, 1.82) is 0 Å². The Balaban J connectivity index is 1.70. The topological polar surface area (TPSA) is 233 Å². The number of aromatic nitrogens is 3. The fourth-order valence-electron chi connectivity index (χ4n) is 5.98. The van der Waals surface area contributed by atoms with Crippen molar-refractivity contribution in [3.8, 4) is 0 Å². The van der Waals surface area contributed by atoms with Crippen LogP contribution in [0.1, 0.15) is 98.2 Å². The van der Waals surface area contributed by atoms with Crippen molar-refractivity contribution in [1.82, 2.24) is 25.2 Å². The average molecular weight is 637 g/mol. The maximum absolute atomic E-state index is 14.3. The molecule has 2 aromatic rings. The minimum absolute atomic E-state index is 0.0285. The van der Waals surface area contributed by atoms with E-state index < -0.39 is 59.0 Å². The molecule has 2 heterocycles. The van der Waals surface area contributed by atoms with Crippen LogP contribution in [0.3, 0.4) is 0 Å². The molecule has 15 heteroatoms. The summed E-state index contributed by atoms with van der Waals surface area (Å²) in [5.41, 5.74) is 9.76. The summed E-state index contributed by atoms with van der Waals surface area (Å²) in [6.45, 7) is 4.37. The van der Waals surface area contributed by atoms with E-state index in [4.69, 9.17) is 11.5 Å². The molecule has 1 saturated carbocycles. The van der Waals surface area contributed by atoms with Gasteiger partial charge >= 0.3 is 0 Å². The molecular formula is C31H40N8O7. The van der Waals surface area contributed by atoms with Crippen LogP contribution >= 0.6 is 0 Å². The van der Waals surface area contributed by atoms with Crippen molar-refractivity contribution >= 4 is 41.0 Å². The summed E-state index contributed by atoms with van der Waals surface area (Å²) in [6, 6.07) is 2.57. The quantitative estimate of drug-likeness (QED) is 0.199. The van der Waals surface area contributed by atoms with Crippen LogP contribution in [0.4, 0.5) is 0 Å². The summed E-state index contributed by atoms with van der Waals surface area (Å²) in [6.07, 6.45) is 6.34. The number of carbonyl (C=O) groups is 6. The molecule has 1 unspecified atom stereocenters. The van der Waals surface area contributed by atoms with Gasteiger partial charge in [-0.15, -0.1) is 5.10 Å². The van der Waals surface area contributed by atoms with E-state index in [1.54, 1.807) is 13.8 Å². The number of amides is 5. The number of benzene rings is 1. The van der Waals surface area contributed by atoms with Crippen LogP contribution in [0.25, 0.3) is 0 Å². The number of nitrogens with two attached hydrogens (primary N) is 2. The van der Waals surface area contributed by atoms with Gasteiger partial charge in [-0.05, 0) is 57.4 Å². The molecule has 1 aromatic heterocycles. The first kappa shape index (κ1) is 34.1. The van der Waals surface area contributed by atoms with Gasteiger partial charge in [0.25, 0.3) is 17.7 Å². The molecule has 3 atom stereocenters. The first-order chi connectivity index (χ1) is 21.7. The number of Topliss-reactive ketones (excluding diaryl/α,β-unsaturated/α-hetero) is 1. The standard InChI is InChI=1S/C31H40N8O7/c1-17(25(40)27(33)42)35-29(44)23-14-21(39-24(15-34-37-39)31(2,3)46)16-38(23)30(45)22(13-18-7-5-4-6-8-18)36-28(43)20-11-9-19(10-12-20)26(32)41/h9-12,15,17-18,21,23,46H,4-8,13-14,16H2,1-3H3,(H2,32,41)(H2,33,42)(H,35,44)/b36-22+/t17?,21-,23-/m0/s1. The summed E-state index contributed by atoms with van der Waals surface area (Å²) in [4.78, 5) is 81.9. The normalized spacial score (nSPS) is 19.8. The van der Waals surface area contributed by atoms with Crippen molar-refractivity contribution in [2.75, 3.05) is 6.54 Å². The average Bonchev–Trinajstić information content (AvgIpc) is 3.69. The molecule has 0 spiro atoms. The number of carbonyl (C=O) groups excluding carboxylic acids is 6. The molecule has 6 N–H and O–H groups in total. The minimum atomic E-state index is -1.34. The molecule has 5 amide bonds. The predicted molar refractivity (Wildman–Crippen MR) is 164 cm³/mol. The van der Waals surface area contributed by atoms with Crippen LogP contribution in [-0.4, -0.2) is 84.7 Å². The molecule has 1 saturated heterocycles. The zero-order valence-electron chi connectivity index (χ0n) is 26.1. The third-order valence-corrected chi connectivity index (χ3v) is 8.49. The van der Waals surface area contributed by atoms with Gasteiger partial charge in [-0.2, -0.15) is 0 Å². The van der Waals surface area contributed by atoms with Gasteiger partial charge in [0.15, 0.2) is 0 Å². The molecule has 46 heavy (non-hydrogen) atoms. The highest BCUT2D eigenvalue weighted by molar-refractivity contribution is 6.41. The maximum atomic E-state index is 14.3. The summed E-state index contributed by atoms with van der Waals surface area (Å²) in [7, 11) is 0. The number of nitrogens with zero attached hydrogens (tertiary/aromatic N) is 5. The lowest BCUT2D eigenvalue weighted by Crippen LogP contribution is -2.52. The lowest BCUT2D eigenvalue weighted by molar-refractivity contribution is -0.139. The van der Waals surface area contributed by atoms with E-state index in [0.29, 0.717) is 5.69 Å². The third-order valence-electron chi connectivity index (χ3n) is 8.49. The predicted octanol–water partition coefficient (Wildman–Crippen LogP) is 0.557. The largest absolute Gasteiger partial charge is 0.384 e. The zero-order chi connectivity index (χ0) is 33.8. The fourth-order valence-corrected chi connectivity index (χ4v) is 5.98. The van der Waals surface area contributed by atoms with Crippen molar-refractivity contribution in [3.63, 3.8) is 0 Å². The number of rotatable bonds is 11. The first-order valence-corrected chi connectivity index (χ1v) is 15.3. The van der Waals surface area contributed by atoms with Crippen molar-refractivity contribution in [3.05, 3.63) is 47.3 Å². The van der Waals surface area contributed by atoms with E-state index in [1.807, 2.05) is 0 Å². The van der Waals surface area contributed by atoms with Gasteiger partial charge in [0.05, 0.1) is 24.0 Å². The van der Waals surface area contributed by atoms with Gasteiger partial charge in [-0.25, -0.2) is 9.67 Å². The lowest BCUT2D eigenvalue weighted by atomic mass is 9.85. The van der Waals surface area contributed by atoms with Gasteiger partial charge in [0, 0.05) is 24.1 Å².